The minimum Gasteiger partial charge on any atom is -0.481 e. The molecule has 1 unspecified atom stereocenters. The number of hydrogen-bond acceptors (Lipinski definition) is 2. The third kappa shape index (κ3) is 3.04. The normalized spacial score (nSPS) is 12.8. The first kappa shape index (κ1) is 13.8. The van der Waals surface area contributed by atoms with Crippen LogP contribution in [0.2, 0.25) is 0 Å². The molecular weight excluding hydrogens is 270 g/mol. The van der Waals surface area contributed by atoms with E-state index in [1.165, 1.54) is 6.07 Å². The highest BCUT2D eigenvalue weighted by molar-refractivity contribution is 7.99. The zero-order chi connectivity index (χ0) is 14.0. The number of halogens is 2. The second kappa shape index (κ2) is 5.57. The standard InChI is InChI=1S/C14H12F2O2S/c1-8(13(17)18)10-6-9-4-2-3-5-11(9)12(7-10)19-14(15)16/h2-8,14H,1H3,(H,17,18). The fraction of sp³-hybridized carbons (Fsp3) is 0.214. The van der Waals surface area contributed by atoms with Crippen LogP contribution >= 0.6 is 11.8 Å². The van der Waals surface area contributed by atoms with Crippen LogP contribution in [0.4, 0.5) is 8.78 Å². The van der Waals surface area contributed by atoms with Crippen LogP contribution in [0, 0.1) is 0 Å². The number of carboxylic acids is 1. The van der Waals surface area contributed by atoms with E-state index in [0.717, 1.165) is 5.39 Å². The number of alkyl halides is 2. The summed E-state index contributed by atoms with van der Waals surface area (Å²) in [7, 11) is 0. The molecular formula is C14H12F2O2S. The average molecular weight is 282 g/mol. The first-order chi connectivity index (χ1) is 8.99. The molecule has 5 heteroatoms. The molecule has 1 atom stereocenters. The summed E-state index contributed by atoms with van der Waals surface area (Å²) in [6, 6.07) is 10.4. The Kier molecular flexibility index (Phi) is 4.04. The monoisotopic (exact) mass is 282 g/mol. The van der Waals surface area contributed by atoms with Crippen molar-refractivity contribution in [3.05, 3.63) is 42.0 Å². The summed E-state index contributed by atoms with van der Waals surface area (Å²) in [5.74, 6) is -4.22. The lowest BCUT2D eigenvalue weighted by Gasteiger charge is -2.12. The lowest BCUT2D eigenvalue weighted by atomic mass is 9.98. The van der Waals surface area contributed by atoms with Gasteiger partial charge in [0.25, 0.3) is 5.76 Å². The minimum atomic E-state index is -2.53. The van der Waals surface area contributed by atoms with Crippen molar-refractivity contribution in [1.29, 1.82) is 0 Å². The number of benzene rings is 2. The van der Waals surface area contributed by atoms with Gasteiger partial charge in [0.05, 0.1) is 5.92 Å². The van der Waals surface area contributed by atoms with E-state index in [-0.39, 0.29) is 0 Å². The minimum absolute atomic E-state index is 0.413. The van der Waals surface area contributed by atoms with Gasteiger partial charge >= 0.3 is 5.97 Å². The second-order valence-corrected chi connectivity index (χ2v) is 5.21. The van der Waals surface area contributed by atoms with Gasteiger partial charge in [0.15, 0.2) is 0 Å². The molecule has 100 valence electrons. The van der Waals surface area contributed by atoms with Crippen molar-refractivity contribution in [1.82, 2.24) is 0 Å². The molecule has 0 aliphatic carbocycles. The fourth-order valence-corrected chi connectivity index (χ4v) is 2.59. The number of rotatable bonds is 4. The molecule has 2 rings (SSSR count). The third-order valence-corrected chi connectivity index (χ3v) is 3.70. The van der Waals surface area contributed by atoms with Gasteiger partial charge in [0.1, 0.15) is 0 Å². The Bertz CT molecular complexity index is 613. The van der Waals surface area contributed by atoms with Crippen LogP contribution in [0.1, 0.15) is 18.4 Å². The summed E-state index contributed by atoms with van der Waals surface area (Å²) in [5.41, 5.74) is 0.536. The first-order valence-electron chi connectivity index (χ1n) is 5.69. The molecule has 0 amide bonds. The summed E-state index contributed by atoms with van der Waals surface area (Å²) in [5, 5.41) is 10.5. The summed E-state index contributed by atoms with van der Waals surface area (Å²) in [4.78, 5) is 11.4. The molecule has 0 spiro atoms. The van der Waals surface area contributed by atoms with E-state index in [9.17, 15) is 13.6 Å². The fourth-order valence-electron chi connectivity index (χ4n) is 1.88. The van der Waals surface area contributed by atoms with E-state index in [4.69, 9.17) is 5.11 Å². The Morgan fingerprint density at radius 2 is 1.95 bits per heavy atom. The molecule has 0 radical (unpaired) electrons. The zero-order valence-electron chi connectivity index (χ0n) is 10.1. The summed E-state index contributed by atoms with van der Waals surface area (Å²) < 4.78 is 25.2. The smallest absolute Gasteiger partial charge is 0.310 e. The van der Waals surface area contributed by atoms with Crippen LogP contribution in [0.3, 0.4) is 0 Å². The van der Waals surface area contributed by atoms with Crippen LogP contribution in [-0.4, -0.2) is 16.8 Å². The Hall–Kier alpha value is -1.62. The van der Waals surface area contributed by atoms with Crippen molar-refractivity contribution in [3.8, 4) is 0 Å². The lowest BCUT2D eigenvalue weighted by Crippen LogP contribution is -2.07. The van der Waals surface area contributed by atoms with Gasteiger partial charge in [-0.3, -0.25) is 4.79 Å². The maximum absolute atomic E-state index is 12.6. The van der Waals surface area contributed by atoms with Crippen LogP contribution < -0.4 is 0 Å². The molecule has 0 saturated heterocycles. The van der Waals surface area contributed by atoms with E-state index in [2.05, 4.69) is 0 Å². The Balaban J connectivity index is 2.59. The van der Waals surface area contributed by atoms with Gasteiger partial charge in [-0.2, -0.15) is 8.78 Å². The number of fused-ring (bicyclic) bond motifs is 1. The molecule has 19 heavy (non-hydrogen) atoms. The third-order valence-electron chi connectivity index (χ3n) is 2.93. The lowest BCUT2D eigenvalue weighted by molar-refractivity contribution is -0.138. The Morgan fingerprint density at radius 3 is 2.58 bits per heavy atom. The summed E-state index contributed by atoms with van der Waals surface area (Å²) >= 11 is 0.445. The van der Waals surface area contributed by atoms with E-state index >= 15 is 0 Å². The average Bonchev–Trinajstić information content (AvgIpc) is 2.37. The van der Waals surface area contributed by atoms with E-state index in [1.807, 2.05) is 0 Å². The highest BCUT2D eigenvalue weighted by Gasteiger charge is 2.17. The predicted octanol–water partition coefficient (Wildman–Crippen LogP) is 4.34. The maximum atomic E-state index is 12.6. The van der Waals surface area contributed by atoms with Crippen LogP contribution in [0.25, 0.3) is 10.8 Å². The number of hydrogen-bond donors (Lipinski definition) is 1. The first-order valence-corrected chi connectivity index (χ1v) is 6.57. The van der Waals surface area contributed by atoms with E-state index in [0.29, 0.717) is 27.6 Å². The van der Waals surface area contributed by atoms with E-state index < -0.39 is 17.6 Å². The van der Waals surface area contributed by atoms with Gasteiger partial charge in [-0.1, -0.05) is 42.1 Å². The molecule has 2 aromatic rings. The number of aliphatic carboxylic acids is 1. The van der Waals surface area contributed by atoms with Gasteiger partial charge in [0, 0.05) is 4.90 Å². The number of thioether (sulfide) groups is 1. The molecule has 0 aromatic heterocycles. The maximum Gasteiger partial charge on any atom is 0.310 e. The molecule has 0 saturated carbocycles. The van der Waals surface area contributed by atoms with Crippen LogP contribution in [-0.2, 0) is 4.79 Å². The van der Waals surface area contributed by atoms with Gasteiger partial charge in [-0.15, -0.1) is 0 Å². The van der Waals surface area contributed by atoms with Crippen LogP contribution in [0.15, 0.2) is 41.3 Å². The molecule has 0 bridgehead atoms. The van der Waals surface area contributed by atoms with Gasteiger partial charge < -0.3 is 5.11 Å². The van der Waals surface area contributed by atoms with Gasteiger partial charge in [0.2, 0.25) is 0 Å². The largest absolute Gasteiger partial charge is 0.481 e. The van der Waals surface area contributed by atoms with Crippen molar-refractivity contribution in [2.45, 2.75) is 23.5 Å². The predicted molar refractivity (Wildman–Crippen MR) is 71.9 cm³/mol. The highest BCUT2D eigenvalue weighted by atomic mass is 32.2. The molecule has 0 aliphatic heterocycles. The summed E-state index contributed by atoms with van der Waals surface area (Å²) in [6.45, 7) is 1.54. The van der Waals surface area contributed by atoms with Crippen molar-refractivity contribution >= 4 is 28.5 Å². The van der Waals surface area contributed by atoms with E-state index in [1.54, 1.807) is 37.3 Å². The van der Waals surface area contributed by atoms with Crippen molar-refractivity contribution in [2.24, 2.45) is 0 Å². The summed E-state index contributed by atoms with van der Waals surface area (Å²) in [6.07, 6.45) is 0. The topological polar surface area (TPSA) is 37.3 Å². The quantitative estimate of drug-likeness (QED) is 0.847. The highest BCUT2D eigenvalue weighted by Crippen LogP contribution is 2.35. The van der Waals surface area contributed by atoms with Crippen molar-refractivity contribution < 1.29 is 18.7 Å². The number of carboxylic acid groups (broad SMARTS) is 1. The van der Waals surface area contributed by atoms with Crippen molar-refractivity contribution in [3.63, 3.8) is 0 Å². The SMILES string of the molecule is CC(C(=O)O)c1cc(SC(F)F)c2ccccc2c1. The number of carbonyl (C=O) groups is 1. The molecule has 1 N–H and O–H groups in total. The van der Waals surface area contributed by atoms with Gasteiger partial charge in [-0.25, -0.2) is 0 Å². The molecule has 2 aromatic carbocycles. The molecule has 2 nitrogen and oxygen atoms in total. The van der Waals surface area contributed by atoms with Gasteiger partial charge in [-0.05, 0) is 29.3 Å². The Labute approximate surface area is 113 Å². The molecule has 0 heterocycles. The van der Waals surface area contributed by atoms with Crippen molar-refractivity contribution in [2.75, 3.05) is 0 Å². The van der Waals surface area contributed by atoms with Crippen LogP contribution in [0.5, 0.6) is 0 Å². The zero-order valence-corrected chi connectivity index (χ0v) is 11.0. The molecule has 0 aliphatic rings. The Morgan fingerprint density at radius 1 is 1.26 bits per heavy atom. The molecule has 0 fully saturated rings. The second-order valence-electron chi connectivity index (χ2n) is 4.18.